The highest BCUT2D eigenvalue weighted by molar-refractivity contribution is 5.90. The average molecular weight is 785 g/mol. The maximum absolute atomic E-state index is 12.6. The van der Waals surface area contributed by atoms with Gasteiger partial charge in [-0.25, -0.2) is 0 Å². The normalized spacial score (nSPS) is 16.1. The first-order valence-corrected chi connectivity index (χ1v) is 18.2. The lowest BCUT2D eigenvalue weighted by Gasteiger charge is -2.36. The van der Waals surface area contributed by atoms with Gasteiger partial charge in [0.2, 0.25) is 11.8 Å². The van der Waals surface area contributed by atoms with Crippen LogP contribution >= 0.6 is 0 Å². The lowest BCUT2D eigenvalue weighted by Crippen LogP contribution is -2.37. The smallest absolute Gasteiger partial charge is 0.494 e. The fraction of sp³-hybridized carbons (Fsp3) is 0.333. The minimum Gasteiger partial charge on any atom is -0.494 e. The van der Waals surface area contributed by atoms with Crippen LogP contribution in [0.3, 0.4) is 0 Å². The van der Waals surface area contributed by atoms with Crippen LogP contribution in [0, 0.1) is 0 Å². The molecule has 1 fully saturated rings. The summed E-state index contributed by atoms with van der Waals surface area (Å²) in [6.45, 7) is 5.38. The van der Waals surface area contributed by atoms with Gasteiger partial charge in [0.15, 0.2) is 0 Å². The van der Waals surface area contributed by atoms with E-state index in [0.717, 1.165) is 41.0 Å². The molecular formula is C42H42F6N2O6. The molecular weight excluding hydrogens is 742 g/mol. The third kappa shape index (κ3) is 11.7. The molecule has 0 bridgehead atoms. The summed E-state index contributed by atoms with van der Waals surface area (Å²) in [5.41, 5.74) is 3.95. The van der Waals surface area contributed by atoms with Crippen LogP contribution in [-0.2, 0) is 22.7 Å². The van der Waals surface area contributed by atoms with E-state index in [1.54, 1.807) is 21.9 Å². The van der Waals surface area contributed by atoms with Crippen LogP contribution in [0.5, 0.6) is 23.0 Å². The van der Waals surface area contributed by atoms with Crippen LogP contribution in [0.4, 0.5) is 26.3 Å². The zero-order chi connectivity index (χ0) is 40.3. The number of likely N-dealkylation sites (tertiary alicyclic amines) is 1. The molecule has 298 valence electrons. The number of ether oxygens (including phenoxy) is 4. The van der Waals surface area contributed by atoms with E-state index in [1.807, 2.05) is 68.5 Å². The summed E-state index contributed by atoms with van der Waals surface area (Å²) in [4.78, 5) is 28.6. The van der Waals surface area contributed by atoms with E-state index < -0.39 is 12.7 Å². The Kier molecular flexibility index (Phi) is 13.9. The van der Waals surface area contributed by atoms with Gasteiger partial charge < -0.3 is 28.7 Å². The standard InChI is InChI=1S/C21H22F3NO3.C21H20F3NO3/c2*1-2-27-19-8-4-3-6-17(19)18-7-5-9-20(26)25(18)14-15-10-12-16(13-11-15)28-21(22,23)24/h3-4,6,8,10-13,18H,2,5,7,9,14H2,1H3;3-4,6-8,10-13H,2,5,9,14H2,1H3. The lowest BCUT2D eigenvalue weighted by atomic mass is 9.93. The number of hydrogen-bond donors (Lipinski definition) is 0. The van der Waals surface area contributed by atoms with Crippen molar-refractivity contribution in [3.63, 3.8) is 0 Å². The van der Waals surface area contributed by atoms with E-state index in [2.05, 4.69) is 9.47 Å². The molecule has 8 nitrogen and oxygen atoms in total. The molecule has 0 aliphatic carbocycles. The Morgan fingerprint density at radius 2 is 1.18 bits per heavy atom. The van der Waals surface area contributed by atoms with Crippen LogP contribution in [-0.4, -0.2) is 47.6 Å². The van der Waals surface area contributed by atoms with E-state index in [9.17, 15) is 35.9 Å². The summed E-state index contributed by atoms with van der Waals surface area (Å²) >= 11 is 0. The lowest BCUT2D eigenvalue weighted by molar-refractivity contribution is -0.275. The number of allylic oxidation sites excluding steroid dienone is 1. The summed E-state index contributed by atoms with van der Waals surface area (Å²) in [5.74, 6) is 0.851. The van der Waals surface area contributed by atoms with Crippen LogP contribution in [0.15, 0.2) is 103 Å². The quantitative estimate of drug-likeness (QED) is 0.133. The second-order valence-corrected chi connectivity index (χ2v) is 12.8. The Bertz CT molecular complexity index is 1950. The molecule has 0 saturated carbocycles. The van der Waals surface area contributed by atoms with Crippen molar-refractivity contribution in [1.29, 1.82) is 0 Å². The Balaban J connectivity index is 0.000000214. The SMILES string of the molecule is CCOc1ccccc1C1=CCCC(=O)N1Cc1ccc(OC(F)(F)F)cc1.CCOc1ccccc1C1CCCC(=O)N1Cc1ccc(OC(F)(F)F)cc1. The number of hydrogen-bond acceptors (Lipinski definition) is 6. The first kappa shape index (κ1) is 41.5. The topological polar surface area (TPSA) is 77.5 Å². The number of piperidine rings is 1. The maximum Gasteiger partial charge on any atom is 0.573 e. The Morgan fingerprint density at radius 1 is 0.643 bits per heavy atom. The fourth-order valence-corrected chi connectivity index (χ4v) is 6.56. The average Bonchev–Trinajstić information content (AvgIpc) is 3.15. The van der Waals surface area contributed by atoms with Crippen molar-refractivity contribution in [3.05, 3.63) is 125 Å². The Morgan fingerprint density at radius 3 is 1.77 bits per heavy atom. The molecule has 0 spiro atoms. The van der Waals surface area contributed by atoms with Gasteiger partial charge in [-0.05, 0) is 86.7 Å². The molecule has 0 radical (unpaired) electrons. The van der Waals surface area contributed by atoms with E-state index >= 15 is 0 Å². The van der Waals surface area contributed by atoms with Crippen LogP contribution < -0.4 is 18.9 Å². The molecule has 6 rings (SSSR count). The Labute approximate surface area is 321 Å². The van der Waals surface area contributed by atoms with Crippen LogP contribution in [0.2, 0.25) is 0 Å². The summed E-state index contributed by atoms with van der Waals surface area (Å²) in [6.07, 6.45) is -4.40. The molecule has 2 heterocycles. The number of nitrogens with zero attached hydrogens (tertiary/aromatic N) is 2. The minimum absolute atomic E-state index is 0.0261. The van der Waals surface area contributed by atoms with Gasteiger partial charge in [0.25, 0.3) is 0 Å². The van der Waals surface area contributed by atoms with Gasteiger partial charge in [-0.2, -0.15) is 0 Å². The fourth-order valence-electron chi connectivity index (χ4n) is 6.56. The van der Waals surface area contributed by atoms with Crippen molar-refractivity contribution in [2.24, 2.45) is 0 Å². The summed E-state index contributed by atoms with van der Waals surface area (Å²) in [7, 11) is 0. The third-order valence-corrected chi connectivity index (χ3v) is 8.90. The number of carbonyl (C=O) groups is 2. The number of benzene rings is 4. The van der Waals surface area contributed by atoms with Crippen molar-refractivity contribution >= 4 is 17.5 Å². The van der Waals surface area contributed by atoms with Gasteiger partial charge >= 0.3 is 12.7 Å². The van der Waals surface area contributed by atoms with Gasteiger partial charge in [-0.1, -0.05) is 60.7 Å². The van der Waals surface area contributed by atoms with E-state index in [1.165, 1.54) is 36.4 Å². The second-order valence-electron chi connectivity index (χ2n) is 12.8. The highest BCUT2D eigenvalue weighted by Gasteiger charge is 2.33. The molecule has 2 aliphatic heterocycles. The monoisotopic (exact) mass is 784 g/mol. The van der Waals surface area contributed by atoms with E-state index in [-0.39, 0.29) is 35.9 Å². The molecule has 56 heavy (non-hydrogen) atoms. The van der Waals surface area contributed by atoms with Gasteiger partial charge in [0.05, 0.1) is 31.5 Å². The highest BCUT2D eigenvalue weighted by atomic mass is 19.4. The van der Waals surface area contributed by atoms with E-state index in [0.29, 0.717) is 50.3 Å². The molecule has 0 N–H and O–H groups in total. The summed E-state index contributed by atoms with van der Waals surface area (Å²) in [6, 6.07) is 26.2. The van der Waals surface area contributed by atoms with Crippen molar-refractivity contribution in [1.82, 2.24) is 9.80 Å². The minimum atomic E-state index is -4.73. The largest absolute Gasteiger partial charge is 0.573 e. The van der Waals surface area contributed by atoms with Crippen LogP contribution in [0.25, 0.3) is 5.70 Å². The molecule has 2 amide bonds. The summed E-state index contributed by atoms with van der Waals surface area (Å²) < 4.78 is 93.1. The van der Waals surface area contributed by atoms with Gasteiger partial charge in [-0.3, -0.25) is 9.59 Å². The predicted octanol–water partition coefficient (Wildman–Crippen LogP) is 10.4. The number of alkyl halides is 6. The van der Waals surface area contributed by atoms with Gasteiger partial charge in [0.1, 0.15) is 23.0 Å². The Hall–Kier alpha value is -5.66. The molecule has 1 atom stereocenters. The number of para-hydroxylation sites is 2. The van der Waals surface area contributed by atoms with Gasteiger partial charge in [0, 0.05) is 30.5 Å². The summed E-state index contributed by atoms with van der Waals surface area (Å²) in [5, 5.41) is 0. The van der Waals surface area contributed by atoms with Crippen molar-refractivity contribution in [3.8, 4) is 23.0 Å². The maximum atomic E-state index is 12.6. The first-order chi connectivity index (χ1) is 26.7. The molecule has 4 aromatic rings. The zero-order valence-electron chi connectivity index (χ0n) is 30.9. The molecule has 2 aliphatic rings. The highest BCUT2D eigenvalue weighted by Crippen LogP contribution is 2.38. The van der Waals surface area contributed by atoms with Crippen molar-refractivity contribution < 1.29 is 54.9 Å². The molecule has 14 heteroatoms. The van der Waals surface area contributed by atoms with Crippen LogP contribution in [0.1, 0.15) is 74.2 Å². The third-order valence-electron chi connectivity index (χ3n) is 8.90. The molecule has 4 aromatic carbocycles. The molecule has 1 unspecified atom stereocenters. The predicted molar refractivity (Wildman–Crippen MR) is 196 cm³/mol. The second kappa shape index (κ2) is 18.8. The number of amides is 2. The molecule has 0 aromatic heterocycles. The number of halogens is 6. The van der Waals surface area contributed by atoms with Gasteiger partial charge in [-0.15, -0.1) is 26.3 Å². The van der Waals surface area contributed by atoms with E-state index in [4.69, 9.17) is 9.47 Å². The van der Waals surface area contributed by atoms with Crippen molar-refractivity contribution in [2.75, 3.05) is 13.2 Å². The first-order valence-electron chi connectivity index (χ1n) is 18.2. The number of rotatable bonds is 12. The zero-order valence-corrected chi connectivity index (χ0v) is 30.9. The molecule has 1 saturated heterocycles. The number of carbonyl (C=O) groups excluding carboxylic acids is 2. The van der Waals surface area contributed by atoms with Crippen molar-refractivity contribution in [2.45, 2.75) is 77.8 Å².